The Balaban J connectivity index is 1.84. The van der Waals surface area contributed by atoms with Crippen molar-refractivity contribution in [3.8, 4) is 0 Å². The van der Waals surface area contributed by atoms with E-state index in [9.17, 15) is 9.90 Å². The van der Waals surface area contributed by atoms with Crippen LogP contribution in [0, 0.1) is 0 Å². The Morgan fingerprint density at radius 3 is 3.00 bits per heavy atom. The number of rotatable bonds is 1. The van der Waals surface area contributed by atoms with Gasteiger partial charge in [0.15, 0.2) is 0 Å². The summed E-state index contributed by atoms with van der Waals surface area (Å²) in [7, 11) is 0. The van der Waals surface area contributed by atoms with Crippen molar-refractivity contribution in [1.29, 1.82) is 0 Å². The van der Waals surface area contributed by atoms with Gasteiger partial charge in [-0.3, -0.25) is 9.78 Å². The Labute approximate surface area is 118 Å². The Morgan fingerprint density at radius 1 is 1.25 bits per heavy atom. The highest BCUT2D eigenvalue weighted by Gasteiger charge is 2.20. The molecule has 0 aliphatic carbocycles. The van der Waals surface area contributed by atoms with Gasteiger partial charge < -0.3 is 10.0 Å². The molecule has 1 aliphatic rings. The highest BCUT2D eigenvalue weighted by atomic mass is 16.3. The van der Waals surface area contributed by atoms with Gasteiger partial charge in [-0.25, -0.2) is 0 Å². The van der Waals surface area contributed by atoms with E-state index in [1.807, 2.05) is 35.2 Å². The predicted molar refractivity (Wildman–Crippen MR) is 77.5 cm³/mol. The summed E-state index contributed by atoms with van der Waals surface area (Å²) in [4.78, 5) is 18.7. The van der Waals surface area contributed by atoms with E-state index in [2.05, 4.69) is 4.98 Å². The van der Waals surface area contributed by atoms with Crippen LogP contribution < -0.4 is 0 Å². The Kier molecular flexibility index (Phi) is 3.65. The summed E-state index contributed by atoms with van der Waals surface area (Å²) in [5, 5.41) is 10.6. The molecule has 2 aromatic rings. The van der Waals surface area contributed by atoms with E-state index in [0.29, 0.717) is 25.1 Å². The number of hydrogen-bond acceptors (Lipinski definition) is 3. The second-order valence-electron chi connectivity index (χ2n) is 5.29. The fraction of sp³-hybridized carbons (Fsp3) is 0.375. The van der Waals surface area contributed by atoms with Gasteiger partial charge in [0, 0.05) is 24.7 Å². The van der Waals surface area contributed by atoms with E-state index in [1.165, 1.54) is 0 Å². The first-order valence-corrected chi connectivity index (χ1v) is 7.06. The number of para-hydroxylation sites is 1. The zero-order valence-electron chi connectivity index (χ0n) is 11.3. The third-order valence-electron chi connectivity index (χ3n) is 3.82. The summed E-state index contributed by atoms with van der Waals surface area (Å²) in [6, 6.07) is 9.68. The van der Waals surface area contributed by atoms with Crippen molar-refractivity contribution in [2.24, 2.45) is 0 Å². The van der Waals surface area contributed by atoms with Gasteiger partial charge in [0.25, 0.3) is 5.91 Å². The number of likely N-dealkylation sites (tertiary alicyclic amines) is 1. The molecule has 1 fully saturated rings. The molecular formula is C16H18N2O2. The monoisotopic (exact) mass is 270 g/mol. The average Bonchev–Trinajstić information content (AvgIpc) is 2.71. The fourth-order valence-electron chi connectivity index (χ4n) is 2.65. The van der Waals surface area contributed by atoms with Gasteiger partial charge in [0.2, 0.25) is 0 Å². The summed E-state index contributed by atoms with van der Waals surface area (Å²) in [6.07, 6.45) is 3.66. The van der Waals surface area contributed by atoms with Crippen molar-refractivity contribution in [2.75, 3.05) is 13.1 Å². The van der Waals surface area contributed by atoms with Crippen molar-refractivity contribution in [3.63, 3.8) is 0 Å². The standard InChI is InChI=1S/C16H18N2O2/c19-14-5-3-8-18(9-7-14)16(20)13-10-12-4-1-2-6-15(12)17-11-13/h1-2,4,6,10-11,14,19H,3,5,7-9H2. The van der Waals surface area contributed by atoms with Crippen molar-refractivity contribution >= 4 is 16.8 Å². The van der Waals surface area contributed by atoms with E-state index in [0.717, 1.165) is 23.7 Å². The van der Waals surface area contributed by atoms with Crippen LogP contribution in [0.25, 0.3) is 10.9 Å². The quantitative estimate of drug-likeness (QED) is 0.864. The molecule has 1 aliphatic heterocycles. The molecule has 4 heteroatoms. The SMILES string of the molecule is O=C(c1cnc2ccccc2c1)N1CCCC(O)CC1. The molecular weight excluding hydrogens is 252 g/mol. The average molecular weight is 270 g/mol. The summed E-state index contributed by atoms with van der Waals surface area (Å²) in [5.41, 5.74) is 1.52. The molecule has 2 heterocycles. The lowest BCUT2D eigenvalue weighted by Crippen LogP contribution is -2.32. The van der Waals surface area contributed by atoms with E-state index in [4.69, 9.17) is 0 Å². The van der Waals surface area contributed by atoms with Crippen molar-refractivity contribution < 1.29 is 9.90 Å². The molecule has 1 unspecified atom stereocenters. The van der Waals surface area contributed by atoms with E-state index in [-0.39, 0.29) is 12.0 Å². The number of pyridine rings is 1. The van der Waals surface area contributed by atoms with Gasteiger partial charge in [0.1, 0.15) is 0 Å². The minimum Gasteiger partial charge on any atom is -0.393 e. The van der Waals surface area contributed by atoms with Gasteiger partial charge in [-0.15, -0.1) is 0 Å². The number of fused-ring (bicyclic) bond motifs is 1. The molecule has 1 aromatic carbocycles. The van der Waals surface area contributed by atoms with Crippen LogP contribution in [-0.2, 0) is 0 Å². The molecule has 3 rings (SSSR count). The van der Waals surface area contributed by atoms with Crippen LogP contribution in [0.5, 0.6) is 0 Å². The largest absolute Gasteiger partial charge is 0.393 e. The minimum absolute atomic E-state index is 0.0114. The number of aliphatic hydroxyl groups excluding tert-OH is 1. The summed E-state index contributed by atoms with van der Waals surface area (Å²) in [5.74, 6) is 0.0114. The predicted octanol–water partition coefficient (Wildman–Crippen LogP) is 2.22. The molecule has 0 radical (unpaired) electrons. The summed E-state index contributed by atoms with van der Waals surface area (Å²) < 4.78 is 0. The lowest BCUT2D eigenvalue weighted by atomic mass is 10.1. The first-order chi connectivity index (χ1) is 9.74. The number of carbonyl (C=O) groups excluding carboxylic acids is 1. The van der Waals surface area contributed by atoms with E-state index < -0.39 is 0 Å². The van der Waals surface area contributed by atoms with Crippen LogP contribution >= 0.6 is 0 Å². The van der Waals surface area contributed by atoms with Crippen LogP contribution in [0.4, 0.5) is 0 Å². The first kappa shape index (κ1) is 13.1. The second-order valence-corrected chi connectivity index (χ2v) is 5.29. The number of hydrogen-bond donors (Lipinski definition) is 1. The molecule has 104 valence electrons. The van der Waals surface area contributed by atoms with Crippen molar-refractivity contribution in [3.05, 3.63) is 42.1 Å². The van der Waals surface area contributed by atoms with Gasteiger partial charge >= 0.3 is 0 Å². The first-order valence-electron chi connectivity index (χ1n) is 7.06. The molecule has 1 amide bonds. The number of aliphatic hydroxyl groups is 1. The van der Waals surface area contributed by atoms with Gasteiger partial charge in [-0.1, -0.05) is 18.2 Å². The van der Waals surface area contributed by atoms with E-state index in [1.54, 1.807) is 6.20 Å². The van der Waals surface area contributed by atoms with Gasteiger partial charge in [-0.2, -0.15) is 0 Å². The van der Waals surface area contributed by atoms with Crippen LogP contribution in [0.1, 0.15) is 29.6 Å². The molecule has 1 aromatic heterocycles. The van der Waals surface area contributed by atoms with Crippen LogP contribution in [0.3, 0.4) is 0 Å². The highest BCUT2D eigenvalue weighted by molar-refractivity contribution is 5.97. The lowest BCUT2D eigenvalue weighted by molar-refractivity contribution is 0.0753. The van der Waals surface area contributed by atoms with Crippen molar-refractivity contribution in [2.45, 2.75) is 25.4 Å². The van der Waals surface area contributed by atoms with Crippen LogP contribution in [0.2, 0.25) is 0 Å². The molecule has 1 atom stereocenters. The molecule has 0 bridgehead atoms. The Morgan fingerprint density at radius 2 is 2.10 bits per heavy atom. The summed E-state index contributed by atoms with van der Waals surface area (Å²) >= 11 is 0. The van der Waals surface area contributed by atoms with Crippen LogP contribution in [-0.4, -0.2) is 40.1 Å². The molecule has 1 saturated heterocycles. The molecule has 4 nitrogen and oxygen atoms in total. The number of benzene rings is 1. The number of amides is 1. The third kappa shape index (κ3) is 2.65. The maximum Gasteiger partial charge on any atom is 0.255 e. The van der Waals surface area contributed by atoms with Gasteiger partial charge in [0.05, 0.1) is 17.2 Å². The minimum atomic E-state index is -0.275. The fourth-order valence-corrected chi connectivity index (χ4v) is 2.65. The maximum absolute atomic E-state index is 12.5. The number of carbonyl (C=O) groups is 1. The number of aromatic nitrogens is 1. The molecule has 0 spiro atoms. The Hall–Kier alpha value is -1.94. The van der Waals surface area contributed by atoms with E-state index >= 15 is 0 Å². The molecule has 0 saturated carbocycles. The van der Waals surface area contributed by atoms with Gasteiger partial charge in [-0.05, 0) is 31.4 Å². The third-order valence-corrected chi connectivity index (χ3v) is 3.82. The number of nitrogens with zero attached hydrogens (tertiary/aromatic N) is 2. The smallest absolute Gasteiger partial charge is 0.255 e. The normalized spacial score (nSPS) is 19.9. The van der Waals surface area contributed by atoms with Crippen LogP contribution in [0.15, 0.2) is 36.5 Å². The lowest BCUT2D eigenvalue weighted by Gasteiger charge is -2.20. The maximum atomic E-state index is 12.5. The van der Waals surface area contributed by atoms with Crippen molar-refractivity contribution in [1.82, 2.24) is 9.88 Å². The zero-order valence-corrected chi connectivity index (χ0v) is 11.3. The second kappa shape index (κ2) is 5.59. The molecule has 20 heavy (non-hydrogen) atoms. The zero-order chi connectivity index (χ0) is 13.9. The highest BCUT2D eigenvalue weighted by Crippen LogP contribution is 2.17. The molecule has 1 N–H and O–H groups in total. The topological polar surface area (TPSA) is 53.4 Å². The summed E-state index contributed by atoms with van der Waals surface area (Å²) in [6.45, 7) is 1.33. The Bertz CT molecular complexity index is 627.